The summed E-state index contributed by atoms with van der Waals surface area (Å²) >= 11 is 0. The maximum absolute atomic E-state index is 11.3. The smallest absolute Gasteiger partial charge is 0.250 e. The molecule has 1 atom stereocenters. The molecule has 4 heteroatoms. The van der Waals surface area contributed by atoms with Crippen LogP contribution >= 0.6 is 0 Å². The molecule has 0 aliphatic heterocycles. The maximum atomic E-state index is 11.3. The highest BCUT2D eigenvalue weighted by Crippen LogP contribution is 1.94. The van der Waals surface area contributed by atoms with E-state index in [2.05, 4.69) is 17.6 Å². The van der Waals surface area contributed by atoms with Crippen molar-refractivity contribution in [3.8, 4) is 0 Å². The molecule has 0 aliphatic carbocycles. The molecule has 0 spiro atoms. The number of hydrogen-bond donors (Lipinski definition) is 2. The molecule has 0 aromatic carbocycles. The van der Waals surface area contributed by atoms with E-state index in [-0.39, 0.29) is 5.56 Å². The van der Waals surface area contributed by atoms with Crippen LogP contribution in [-0.4, -0.2) is 24.2 Å². The summed E-state index contributed by atoms with van der Waals surface area (Å²) in [4.78, 5) is 11.3. The molecule has 0 bridgehead atoms. The molecule has 0 amide bonds. The highest BCUT2D eigenvalue weighted by atomic mass is 16.1. The van der Waals surface area contributed by atoms with Gasteiger partial charge in [0.05, 0.1) is 0 Å². The molecule has 1 unspecified atom stereocenters. The zero-order chi connectivity index (χ0) is 11.3. The van der Waals surface area contributed by atoms with Crippen LogP contribution in [-0.2, 0) is 13.6 Å². The number of aromatic nitrogens is 1. The molecule has 15 heavy (non-hydrogen) atoms. The molecule has 84 valence electrons. The van der Waals surface area contributed by atoms with Crippen LogP contribution in [0.3, 0.4) is 0 Å². The Morgan fingerprint density at radius 1 is 1.53 bits per heavy atom. The fourth-order valence-corrected chi connectivity index (χ4v) is 1.37. The standard InChI is InChI=1S/C11H19N3O/c1-9(7-12-2)13-8-10-4-5-14(3)11(15)6-10/h4-6,9,12-13H,7-8H2,1-3H3. The van der Waals surface area contributed by atoms with Crippen molar-refractivity contribution in [1.82, 2.24) is 15.2 Å². The monoisotopic (exact) mass is 209 g/mol. The van der Waals surface area contributed by atoms with E-state index in [9.17, 15) is 4.79 Å². The second kappa shape index (κ2) is 5.68. The lowest BCUT2D eigenvalue weighted by Gasteiger charge is -2.12. The normalized spacial score (nSPS) is 12.7. The molecule has 0 saturated carbocycles. The number of rotatable bonds is 5. The van der Waals surface area contributed by atoms with E-state index in [0.717, 1.165) is 18.7 Å². The molecular weight excluding hydrogens is 190 g/mol. The average molecular weight is 209 g/mol. The lowest BCUT2D eigenvalue weighted by molar-refractivity contribution is 0.522. The van der Waals surface area contributed by atoms with Gasteiger partial charge in [-0.25, -0.2) is 0 Å². The second-order valence-corrected chi connectivity index (χ2v) is 3.82. The van der Waals surface area contributed by atoms with E-state index in [4.69, 9.17) is 0 Å². The Morgan fingerprint density at radius 3 is 2.87 bits per heavy atom. The molecule has 0 aliphatic rings. The number of aryl methyl sites for hydroxylation is 1. The maximum Gasteiger partial charge on any atom is 0.250 e. The topological polar surface area (TPSA) is 46.1 Å². The van der Waals surface area contributed by atoms with Crippen molar-refractivity contribution in [2.75, 3.05) is 13.6 Å². The van der Waals surface area contributed by atoms with Gasteiger partial charge < -0.3 is 15.2 Å². The van der Waals surface area contributed by atoms with Crippen molar-refractivity contribution < 1.29 is 0 Å². The number of nitrogens with one attached hydrogen (secondary N) is 2. The zero-order valence-electron chi connectivity index (χ0n) is 9.58. The van der Waals surface area contributed by atoms with Gasteiger partial charge in [0.1, 0.15) is 0 Å². The minimum absolute atomic E-state index is 0.0376. The number of hydrogen-bond acceptors (Lipinski definition) is 3. The minimum atomic E-state index is 0.0376. The SMILES string of the molecule is CNCC(C)NCc1ccn(C)c(=O)c1. The summed E-state index contributed by atoms with van der Waals surface area (Å²) in [7, 11) is 3.68. The Balaban J connectivity index is 2.51. The molecule has 4 nitrogen and oxygen atoms in total. The third-order valence-corrected chi connectivity index (χ3v) is 2.33. The van der Waals surface area contributed by atoms with Crippen molar-refractivity contribution in [2.45, 2.75) is 19.5 Å². The van der Waals surface area contributed by atoms with Gasteiger partial charge in [0.2, 0.25) is 0 Å². The van der Waals surface area contributed by atoms with Crippen LogP contribution in [0.1, 0.15) is 12.5 Å². The van der Waals surface area contributed by atoms with Crippen LogP contribution in [0, 0.1) is 0 Å². The van der Waals surface area contributed by atoms with Gasteiger partial charge in [-0.2, -0.15) is 0 Å². The van der Waals surface area contributed by atoms with E-state index in [1.54, 1.807) is 23.9 Å². The van der Waals surface area contributed by atoms with Gasteiger partial charge in [0.25, 0.3) is 5.56 Å². The zero-order valence-corrected chi connectivity index (χ0v) is 9.58. The van der Waals surface area contributed by atoms with E-state index in [0.29, 0.717) is 6.04 Å². The summed E-state index contributed by atoms with van der Waals surface area (Å²) in [5, 5.41) is 6.43. The first kappa shape index (κ1) is 11.9. The number of likely N-dealkylation sites (N-methyl/N-ethyl adjacent to an activating group) is 1. The molecule has 1 aromatic heterocycles. The van der Waals surface area contributed by atoms with Crippen molar-refractivity contribution in [3.63, 3.8) is 0 Å². The fraction of sp³-hybridized carbons (Fsp3) is 0.545. The second-order valence-electron chi connectivity index (χ2n) is 3.82. The largest absolute Gasteiger partial charge is 0.319 e. The summed E-state index contributed by atoms with van der Waals surface area (Å²) in [6.45, 7) is 3.77. The summed E-state index contributed by atoms with van der Waals surface area (Å²) in [6, 6.07) is 4.03. The molecule has 0 saturated heterocycles. The average Bonchev–Trinajstić information content (AvgIpc) is 2.20. The van der Waals surface area contributed by atoms with E-state index >= 15 is 0 Å². The molecule has 2 N–H and O–H groups in total. The Hall–Kier alpha value is -1.13. The Bertz CT molecular complexity index is 359. The van der Waals surface area contributed by atoms with Crippen LogP contribution in [0.2, 0.25) is 0 Å². The molecule has 1 rings (SSSR count). The fourth-order valence-electron chi connectivity index (χ4n) is 1.37. The first-order chi connectivity index (χ1) is 7.13. The van der Waals surface area contributed by atoms with Crippen molar-refractivity contribution >= 4 is 0 Å². The van der Waals surface area contributed by atoms with Gasteiger partial charge in [-0.15, -0.1) is 0 Å². The first-order valence-corrected chi connectivity index (χ1v) is 5.17. The number of pyridine rings is 1. The van der Waals surface area contributed by atoms with Gasteiger partial charge in [-0.05, 0) is 25.6 Å². The molecule has 1 heterocycles. The van der Waals surface area contributed by atoms with E-state index < -0.39 is 0 Å². The quantitative estimate of drug-likeness (QED) is 0.722. The Morgan fingerprint density at radius 2 is 2.27 bits per heavy atom. The van der Waals surface area contributed by atoms with Gasteiger partial charge in [0.15, 0.2) is 0 Å². The predicted molar refractivity (Wildman–Crippen MR) is 61.9 cm³/mol. The van der Waals surface area contributed by atoms with Crippen molar-refractivity contribution in [2.24, 2.45) is 7.05 Å². The van der Waals surface area contributed by atoms with Crippen LogP contribution in [0.4, 0.5) is 0 Å². The van der Waals surface area contributed by atoms with Crippen molar-refractivity contribution in [3.05, 3.63) is 34.2 Å². The number of nitrogens with zero attached hydrogens (tertiary/aromatic N) is 1. The van der Waals surface area contributed by atoms with Gasteiger partial charge in [-0.1, -0.05) is 0 Å². The Kier molecular flexibility index (Phi) is 4.52. The van der Waals surface area contributed by atoms with Crippen molar-refractivity contribution in [1.29, 1.82) is 0 Å². The van der Waals surface area contributed by atoms with E-state index in [1.807, 2.05) is 13.1 Å². The van der Waals surface area contributed by atoms with Gasteiger partial charge in [0, 0.05) is 38.4 Å². The molecule has 0 fully saturated rings. The molecular formula is C11H19N3O. The highest BCUT2D eigenvalue weighted by molar-refractivity contribution is 5.10. The minimum Gasteiger partial charge on any atom is -0.319 e. The summed E-state index contributed by atoms with van der Waals surface area (Å²) in [6.07, 6.45) is 1.79. The molecule has 1 aromatic rings. The van der Waals surface area contributed by atoms with Gasteiger partial charge in [-0.3, -0.25) is 4.79 Å². The van der Waals surface area contributed by atoms with Crippen LogP contribution < -0.4 is 16.2 Å². The first-order valence-electron chi connectivity index (χ1n) is 5.17. The third-order valence-electron chi connectivity index (χ3n) is 2.33. The summed E-state index contributed by atoms with van der Waals surface area (Å²) < 4.78 is 1.57. The summed E-state index contributed by atoms with van der Waals surface area (Å²) in [5.74, 6) is 0. The van der Waals surface area contributed by atoms with E-state index in [1.165, 1.54) is 0 Å². The predicted octanol–water partition coefficient (Wildman–Crippen LogP) is 0.0828. The lowest BCUT2D eigenvalue weighted by Crippen LogP contribution is -2.34. The van der Waals surface area contributed by atoms with Crippen LogP contribution in [0.15, 0.2) is 23.1 Å². The summed E-state index contributed by atoms with van der Waals surface area (Å²) in [5.41, 5.74) is 1.07. The third kappa shape index (κ3) is 3.85. The Labute approximate surface area is 90.3 Å². The molecule has 0 radical (unpaired) electrons. The van der Waals surface area contributed by atoms with Crippen LogP contribution in [0.25, 0.3) is 0 Å². The lowest BCUT2D eigenvalue weighted by atomic mass is 10.2. The highest BCUT2D eigenvalue weighted by Gasteiger charge is 2.00. The van der Waals surface area contributed by atoms with Gasteiger partial charge >= 0.3 is 0 Å². The van der Waals surface area contributed by atoms with Crippen LogP contribution in [0.5, 0.6) is 0 Å².